The second-order valence-electron chi connectivity index (χ2n) is 4.61. The Hall–Kier alpha value is -1.54. The molecule has 1 aromatic rings. The summed E-state index contributed by atoms with van der Waals surface area (Å²) in [5, 5.41) is 8.70. The van der Waals surface area contributed by atoms with E-state index in [1.54, 1.807) is 0 Å². The van der Waals surface area contributed by atoms with Gasteiger partial charge in [-0.1, -0.05) is 17.9 Å². The van der Waals surface area contributed by atoms with Crippen molar-refractivity contribution in [1.82, 2.24) is 4.90 Å². The van der Waals surface area contributed by atoms with E-state index >= 15 is 0 Å². The molecule has 0 spiro atoms. The fourth-order valence-corrected chi connectivity index (χ4v) is 2.00. The predicted molar refractivity (Wildman–Crippen MR) is 77.8 cm³/mol. The van der Waals surface area contributed by atoms with Crippen molar-refractivity contribution in [3.63, 3.8) is 0 Å². The van der Waals surface area contributed by atoms with Crippen LogP contribution in [0.3, 0.4) is 0 Å². The smallest absolute Gasteiger partial charge is 0.120 e. The summed E-state index contributed by atoms with van der Waals surface area (Å²) in [6, 6.07) is 7.76. The molecule has 0 aromatic heterocycles. The Kier molecular flexibility index (Phi) is 6.39. The van der Waals surface area contributed by atoms with Gasteiger partial charge in [-0.05, 0) is 18.2 Å². The molecule has 0 saturated carbocycles. The monoisotopic (exact) mass is 275 g/mol. The third-order valence-electron chi connectivity index (χ3n) is 3.08. The highest BCUT2D eigenvalue weighted by Gasteiger charge is 2.09. The van der Waals surface area contributed by atoms with Crippen molar-refractivity contribution in [3.8, 4) is 17.6 Å². The molecule has 1 aromatic carbocycles. The lowest BCUT2D eigenvalue weighted by Gasteiger charge is -2.26. The van der Waals surface area contributed by atoms with Crippen LogP contribution < -0.4 is 4.74 Å². The minimum Gasteiger partial charge on any atom is -0.492 e. The van der Waals surface area contributed by atoms with Crippen LogP contribution in [0.5, 0.6) is 5.75 Å². The van der Waals surface area contributed by atoms with Crippen LogP contribution in [-0.2, 0) is 4.74 Å². The maximum absolute atomic E-state index is 8.70. The first-order chi connectivity index (χ1) is 9.88. The van der Waals surface area contributed by atoms with Crippen molar-refractivity contribution >= 4 is 0 Å². The summed E-state index contributed by atoms with van der Waals surface area (Å²) in [5.74, 6) is 6.76. The standard InChI is InChI=1S/C16H21NO3/c18-10-2-1-4-15-5-3-6-16(14-15)20-13-9-17-7-11-19-12-8-17/h3,5-6,14,18H,2,7-13H2. The minimum atomic E-state index is 0.0999. The molecule has 0 aliphatic carbocycles. The maximum atomic E-state index is 8.70. The van der Waals surface area contributed by atoms with Gasteiger partial charge in [0, 0.05) is 31.6 Å². The molecule has 0 unspecified atom stereocenters. The molecule has 1 aliphatic heterocycles. The number of aliphatic hydroxyl groups is 1. The lowest BCUT2D eigenvalue weighted by Crippen LogP contribution is -2.38. The van der Waals surface area contributed by atoms with Gasteiger partial charge in [0.2, 0.25) is 0 Å². The summed E-state index contributed by atoms with van der Waals surface area (Å²) < 4.78 is 11.1. The van der Waals surface area contributed by atoms with Crippen LogP contribution in [0.25, 0.3) is 0 Å². The zero-order valence-electron chi connectivity index (χ0n) is 11.7. The summed E-state index contributed by atoms with van der Waals surface area (Å²) in [4.78, 5) is 2.34. The van der Waals surface area contributed by atoms with Gasteiger partial charge < -0.3 is 14.6 Å². The highest BCUT2D eigenvalue weighted by Crippen LogP contribution is 2.12. The SMILES string of the molecule is OCCC#Cc1cccc(OCCN2CCOCC2)c1. The first kappa shape index (κ1) is 14.9. The van der Waals surface area contributed by atoms with Gasteiger partial charge in [0.15, 0.2) is 0 Å². The van der Waals surface area contributed by atoms with E-state index in [1.165, 1.54) is 0 Å². The Balaban J connectivity index is 1.77. The van der Waals surface area contributed by atoms with E-state index in [1.807, 2.05) is 24.3 Å². The van der Waals surface area contributed by atoms with Crippen molar-refractivity contribution in [1.29, 1.82) is 0 Å². The first-order valence-electron chi connectivity index (χ1n) is 7.01. The van der Waals surface area contributed by atoms with Crippen molar-refractivity contribution in [2.45, 2.75) is 6.42 Å². The van der Waals surface area contributed by atoms with Crippen molar-refractivity contribution in [2.24, 2.45) is 0 Å². The molecule has 0 bridgehead atoms. The van der Waals surface area contributed by atoms with E-state index in [9.17, 15) is 0 Å². The second kappa shape index (κ2) is 8.60. The number of morpholine rings is 1. The number of hydrogen-bond donors (Lipinski definition) is 1. The highest BCUT2D eigenvalue weighted by molar-refractivity contribution is 5.39. The number of ether oxygens (including phenoxy) is 2. The Morgan fingerprint density at radius 1 is 1.30 bits per heavy atom. The van der Waals surface area contributed by atoms with Gasteiger partial charge >= 0.3 is 0 Å². The van der Waals surface area contributed by atoms with Crippen molar-refractivity contribution in [2.75, 3.05) is 46.1 Å². The molecule has 108 valence electrons. The van der Waals surface area contributed by atoms with Crippen LogP contribution in [0.1, 0.15) is 12.0 Å². The molecule has 1 saturated heterocycles. The van der Waals surface area contributed by atoms with E-state index in [4.69, 9.17) is 14.6 Å². The number of aliphatic hydroxyl groups excluding tert-OH is 1. The Morgan fingerprint density at radius 3 is 2.95 bits per heavy atom. The van der Waals surface area contributed by atoms with Crippen LogP contribution >= 0.6 is 0 Å². The zero-order chi connectivity index (χ0) is 14.0. The number of benzene rings is 1. The average Bonchev–Trinajstić information content (AvgIpc) is 2.49. The molecule has 20 heavy (non-hydrogen) atoms. The predicted octanol–water partition coefficient (Wildman–Crippen LogP) is 1.13. The Labute approximate surface area is 120 Å². The van der Waals surface area contributed by atoms with E-state index in [0.29, 0.717) is 13.0 Å². The molecule has 1 heterocycles. The van der Waals surface area contributed by atoms with Crippen LogP contribution in [0.4, 0.5) is 0 Å². The summed E-state index contributed by atoms with van der Waals surface area (Å²) >= 11 is 0. The van der Waals surface area contributed by atoms with Crippen LogP contribution in [-0.4, -0.2) is 56.1 Å². The number of hydrogen-bond acceptors (Lipinski definition) is 4. The second-order valence-corrected chi connectivity index (χ2v) is 4.61. The van der Waals surface area contributed by atoms with Gasteiger partial charge in [0.05, 0.1) is 19.8 Å². The number of rotatable bonds is 5. The van der Waals surface area contributed by atoms with E-state index in [0.717, 1.165) is 44.2 Å². The third kappa shape index (κ3) is 5.22. The molecule has 4 nitrogen and oxygen atoms in total. The molecule has 1 aliphatic rings. The van der Waals surface area contributed by atoms with Gasteiger partial charge in [0.25, 0.3) is 0 Å². The molecular formula is C16H21NO3. The quantitative estimate of drug-likeness (QED) is 0.818. The molecule has 0 atom stereocenters. The lowest BCUT2D eigenvalue weighted by atomic mass is 10.2. The molecule has 2 rings (SSSR count). The largest absolute Gasteiger partial charge is 0.492 e. The Bertz CT molecular complexity index is 458. The van der Waals surface area contributed by atoms with E-state index in [2.05, 4.69) is 16.7 Å². The lowest BCUT2D eigenvalue weighted by molar-refractivity contribution is 0.0322. The summed E-state index contributed by atoms with van der Waals surface area (Å²) in [6.07, 6.45) is 0.502. The molecule has 0 radical (unpaired) electrons. The fraction of sp³-hybridized carbons (Fsp3) is 0.500. The van der Waals surface area contributed by atoms with E-state index in [-0.39, 0.29) is 6.61 Å². The first-order valence-corrected chi connectivity index (χ1v) is 7.01. The van der Waals surface area contributed by atoms with Crippen LogP contribution in [0.15, 0.2) is 24.3 Å². The minimum absolute atomic E-state index is 0.0999. The van der Waals surface area contributed by atoms with Gasteiger partial charge in [-0.15, -0.1) is 0 Å². The molecular weight excluding hydrogens is 254 g/mol. The zero-order valence-corrected chi connectivity index (χ0v) is 11.7. The van der Waals surface area contributed by atoms with Crippen molar-refractivity contribution in [3.05, 3.63) is 29.8 Å². The topological polar surface area (TPSA) is 41.9 Å². The van der Waals surface area contributed by atoms with E-state index < -0.39 is 0 Å². The average molecular weight is 275 g/mol. The molecule has 4 heteroatoms. The summed E-state index contributed by atoms with van der Waals surface area (Å²) in [5.41, 5.74) is 0.919. The summed E-state index contributed by atoms with van der Waals surface area (Å²) in [7, 11) is 0. The van der Waals surface area contributed by atoms with Gasteiger partial charge in [-0.2, -0.15) is 0 Å². The maximum Gasteiger partial charge on any atom is 0.120 e. The van der Waals surface area contributed by atoms with Gasteiger partial charge in [-0.3, -0.25) is 4.90 Å². The molecule has 1 N–H and O–H groups in total. The van der Waals surface area contributed by atoms with Gasteiger partial charge in [-0.25, -0.2) is 0 Å². The number of nitrogens with zero attached hydrogens (tertiary/aromatic N) is 1. The fourth-order valence-electron chi connectivity index (χ4n) is 2.00. The van der Waals surface area contributed by atoms with Gasteiger partial charge in [0.1, 0.15) is 12.4 Å². The highest BCUT2D eigenvalue weighted by atomic mass is 16.5. The normalized spacial score (nSPS) is 15.4. The third-order valence-corrected chi connectivity index (χ3v) is 3.08. The van der Waals surface area contributed by atoms with Crippen LogP contribution in [0.2, 0.25) is 0 Å². The Morgan fingerprint density at radius 2 is 2.15 bits per heavy atom. The molecule has 1 fully saturated rings. The molecule has 0 amide bonds. The summed E-state index contributed by atoms with van der Waals surface area (Å²) in [6.45, 7) is 5.29. The van der Waals surface area contributed by atoms with Crippen LogP contribution in [0, 0.1) is 11.8 Å². The van der Waals surface area contributed by atoms with Crippen molar-refractivity contribution < 1.29 is 14.6 Å².